The van der Waals surface area contributed by atoms with E-state index in [1.165, 1.54) is 55.9 Å². The number of thioether (sulfide) groups is 1. The minimum absolute atomic E-state index is 0.389. The molecule has 1 aliphatic heterocycles. The lowest BCUT2D eigenvalue weighted by atomic mass is 9.78. The smallest absolute Gasteiger partial charge is 0.157 e. The minimum atomic E-state index is 0.389. The average molecular weight is 266 g/mol. The molecule has 3 aliphatic rings. The first kappa shape index (κ1) is 12.8. The Kier molecular flexibility index (Phi) is 3.61. The van der Waals surface area contributed by atoms with Crippen molar-refractivity contribution in [3.8, 4) is 0 Å². The van der Waals surface area contributed by atoms with Crippen LogP contribution in [0.15, 0.2) is 4.99 Å². The molecular weight excluding hydrogens is 240 g/mol. The number of hydrogen-bond acceptors (Lipinski definition) is 2. The van der Waals surface area contributed by atoms with E-state index in [1.807, 2.05) is 11.8 Å². The highest BCUT2D eigenvalue weighted by Gasteiger charge is 2.40. The van der Waals surface area contributed by atoms with Gasteiger partial charge in [-0.3, -0.25) is 4.99 Å². The molecule has 0 bridgehead atoms. The molecule has 0 amide bonds. The Morgan fingerprint density at radius 2 is 2.28 bits per heavy atom. The molecule has 0 radical (unpaired) electrons. The summed E-state index contributed by atoms with van der Waals surface area (Å²) in [6.07, 6.45) is 9.68. The van der Waals surface area contributed by atoms with E-state index >= 15 is 0 Å². The summed E-state index contributed by atoms with van der Waals surface area (Å²) in [5, 5.41) is 5.01. The van der Waals surface area contributed by atoms with Gasteiger partial charge in [-0.1, -0.05) is 44.4 Å². The molecule has 1 spiro atoms. The Balaban J connectivity index is 1.57. The van der Waals surface area contributed by atoms with Gasteiger partial charge in [0.1, 0.15) is 0 Å². The van der Waals surface area contributed by atoms with E-state index < -0.39 is 0 Å². The number of nitrogens with one attached hydrogen (secondary N) is 1. The lowest BCUT2D eigenvalue weighted by Crippen LogP contribution is -2.47. The molecule has 2 aliphatic carbocycles. The second-order valence-electron chi connectivity index (χ2n) is 6.86. The summed E-state index contributed by atoms with van der Waals surface area (Å²) in [6.45, 7) is 4.68. The lowest BCUT2D eigenvalue weighted by molar-refractivity contribution is 0.242. The monoisotopic (exact) mass is 266 g/mol. The molecule has 3 atom stereocenters. The van der Waals surface area contributed by atoms with Crippen LogP contribution in [0.1, 0.15) is 58.8 Å². The van der Waals surface area contributed by atoms with E-state index in [9.17, 15) is 0 Å². The molecule has 0 aromatic heterocycles. The first-order valence-corrected chi connectivity index (χ1v) is 8.63. The SMILES string of the molecule is CC1CCCC2(CSC(=NC(C)CC3CC3)N2)C1. The van der Waals surface area contributed by atoms with Crippen LogP contribution in [0.3, 0.4) is 0 Å². The molecule has 18 heavy (non-hydrogen) atoms. The van der Waals surface area contributed by atoms with E-state index in [-0.39, 0.29) is 0 Å². The van der Waals surface area contributed by atoms with Crippen LogP contribution in [0.4, 0.5) is 0 Å². The van der Waals surface area contributed by atoms with E-state index in [0.717, 1.165) is 11.8 Å². The molecule has 1 N–H and O–H groups in total. The predicted octanol–water partition coefficient (Wildman–Crippen LogP) is 3.82. The highest BCUT2D eigenvalue weighted by molar-refractivity contribution is 8.14. The van der Waals surface area contributed by atoms with E-state index in [2.05, 4.69) is 19.2 Å². The molecule has 3 rings (SSSR count). The number of amidine groups is 1. The molecule has 1 saturated heterocycles. The van der Waals surface area contributed by atoms with Crippen molar-refractivity contribution in [1.82, 2.24) is 5.32 Å². The van der Waals surface area contributed by atoms with Crippen molar-refractivity contribution >= 4 is 16.9 Å². The Bertz CT molecular complexity index is 337. The van der Waals surface area contributed by atoms with Gasteiger partial charge < -0.3 is 5.32 Å². The number of rotatable bonds is 3. The van der Waals surface area contributed by atoms with Gasteiger partial charge in [0.15, 0.2) is 5.17 Å². The van der Waals surface area contributed by atoms with Crippen molar-refractivity contribution in [2.75, 3.05) is 5.75 Å². The number of nitrogens with zero attached hydrogens (tertiary/aromatic N) is 1. The van der Waals surface area contributed by atoms with Gasteiger partial charge in [-0.25, -0.2) is 0 Å². The molecule has 1 heterocycles. The largest absolute Gasteiger partial charge is 0.359 e. The predicted molar refractivity (Wildman–Crippen MR) is 80.2 cm³/mol. The zero-order valence-corrected chi connectivity index (χ0v) is 12.6. The van der Waals surface area contributed by atoms with Gasteiger partial charge >= 0.3 is 0 Å². The van der Waals surface area contributed by atoms with Gasteiger partial charge in [0, 0.05) is 11.3 Å². The topological polar surface area (TPSA) is 24.4 Å². The van der Waals surface area contributed by atoms with Crippen molar-refractivity contribution in [3.05, 3.63) is 0 Å². The third kappa shape index (κ3) is 3.04. The van der Waals surface area contributed by atoms with Gasteiger partial charge in [-0.15, -0.1) is 0 Å². The zero-order chi connectivity index (χ0) is 12.6. The summed E-state index contributed by atoms with van der Waals surface area (Å²) in [6, 6.07) is 0.517. The third-order valence-corrected chi connectivity index (χ3v) is 5.84. The normalized spacial score (nSPS) is 40.1. The minimum Gasteiger partial charge on any atom is -0.359 e. The summed E-state index contributed by atoms with van der Waals surface area (Å²) >= 11 is 1.96. The number of aliphatic imine (C=N–C) groups is 1. The second-order valence-corrected chi connectivity index (χ2v) is 7.82. The van der Waals surface area contributed by atoms with Crippen molar-refractivity contribution in [2.45, 2.75) is 70.4 Å². The maximum atomic E-state index is 4.90. The van der Waals surface area contributed by atoms with Crippen LogP contribution < -0.4 is 5.32 Å². The van der Waals surface area contributed by atoms with Crippen LogP contribution >= 0.6 is 11.8 Å². The van der Waals surface area contributed by atoms with Crippen LogP contribution in [0.25, 0.3) is 0 Å². The fraction of sp³-hybridized carbons (Fsp3) is 0.933. The highest BCUT2D eigenvalue weighted by Crippen LogP contribution is 2.39. The third-order valence-electron chi connectivity index (χ3n) is 4.66. The fourth-order valence-corrected chi connectivity index (χ4v) is 4.86. The van der Waals surface area contributed by atoms with Gasteiger partial charge in [0.25, 0.3) is 0 Å². The Labute approximate surface area is 115 Å². The molecule has 2 nitrogen and oxygen atoms in total. The van der Waals surface area contributed by atoms with Crippen LogP contribution in [-0.2, 0) is 0 Å². The fourth-order valence-electron chi connectivity index (χ4n) is 3.57. The molecule has 102 valence electrons. The van der Waals surface area contributed by atoms with Crippen molar-refractivity contribution in [3.63, 3.8) is 0 Å². The quantitative estimate of drug-likeness (QED) is 0.840. The molecular formula is C15H26N2S. The van der Waals surface area contributed by atoms with Gasteiger partial charge in [-0.05, 0) is 38.0 Å². The van der Waals surface area contributed by atoms with Crippen LogP contribution in [0.2, 0.25) is 0 Å². The van der Waals surface area contributed by atoms with Crippen LogP contribution in [0.5, 0.6) is 0 Å². The molecule has 2 saturated carbocycles. The summed E-state index contributed by atoms with van der Waals surface area (Å²) < 4.78 is 0. The van der Waals surface area contributed by atoms with Crippen molar-refractivity contribution < 1.29 is 0 Å². The Morgan fingerprint density at radius 1 is 1.44 bits per heavy atom. The van der Waals surface area contributed by atoms with Gasteiger partial charge in [0.2, 0.25) is 0 Å². The van der Waals surface area contributed by atoms with E-state index in [1.54, 1.807) is 0 Å². The molecule has 3 heteroatoms. The van der Waals surface area contributed by atoms with E-state index in [4.69, 9.17) is 4.99 Å². The van der Waals surface area contributed by atoms with Crippen LogP contribution in [0, 0.1) is 11.8 Å². The first-order chi connectivity index (χ1) is 8.65. The maximum absolute atomic E-state index is 4.90. The highest BCUT2D eigenvalue weighted by atomic mass is 32.2. The summed E-state index contributed by atoms with van der Waals surface area (Å²) in [4.78, 5) is 4.90. The average Bonchev–Trinajstić information content (AvgIpc) is 3.03. The van der Waals surface area contributed by atoms with Gasteiger partial charge in [-0.2, -0.15) is 0 Å². The standard InChI is InChI=1S/C15H26N2S/c1-11-4-3-7-15(9-11)10-18-14(17-15)16-12(2)8-13-5-6-13/h11-13H,3-10H2,1-2H3,(H,16,17). The Hall–Kier alpha value is -0.180. The summed E-state index contributed by atoms with van der Waals surface area (Å²) in [7, 11) is 0. The zero-order valence-electron chi connectivity index (χ0n) is 11.7. The molecule has 0 aromatic rings. The maximum Gasteiger partial charge on any atom is 0.157 e. The first-order valence-electron chi connectivity index (χ1n) is 7.64. The van der Waals surface area contributed by atoms with Crippen LogP contribution in [-0.4, -0.2) is 22.5 Å². The van der Waals surface area contributed by atoms with Gasteiger partial charge in [0.05, 0.1) is 6.04 Å². The van der Waals surface area contributed by atoms with Crippen molar-refractivity contribution in [2.24, 2.45) is 16.8 Å². The molecule has 3 fully saturated rings. The van der Waals surface area contributed by atoms with Crippen molar-refractivity contribution in [1.29, 1.82) is 0 Å². The molecule has 3 unspecified atom stereocenters. The second kappa shape index (κ2) is 5.07. The lowest BCUT2D eigenvalue weighted by Gasteiger charge is -2.36. The summed E-state index contributed by atoms with van der Waals surface area (Å²) in [5.41, 5.74) is 0.389. The molecule has 0 aromatic carbocycles. The number of hydrogen-bond donors (Lipinski definition) is 1. The van der Waals surface area contributed by atoms with E-state index in [0.29, 0.717) is 11.6 Å². The Morgan fingerprint density at radius 3 is 3.00 bits per heavy atom. The summed E-state index contributed by atoms with van der Waals surface area (Å²) in [5.74, 6) is 3.11.